The third kappa shape index (κ3) is 9.29. The molecule has 20 heavy (non-hydrogen) atoms. The molecule has 0 aliphatic rings. The summed E-state index contributed by atoms with van der Waals surface area (Å²) >= 11 is 0. The second-order valence-corrected chi connectivity index (χ2v) is 5.67. The van der Waals surface area contributed by atoms with Crippen LogP contribution in [0.1, 0.15) is 19.3 Å². The van der Waals surface area contributed by atoms with Crippen LogP contribution in [0, 0.1) is 0 Å². The van der Waals surface area contributed by atoms with Gasteiger partial charge in [-0.2, -0.15) is 0 Å². The van der Waals surface area contributed by atoms with Crippen molar-refractivity contribution in [3.05, 3.63) is 0 Å². The minimum Gasteiger partial charge on any atom is -0.481 e. The van der Waals surface area contributed by atoms with Crippen LogP contribution in [0.2, 0.25) is 0 Å². The summed E-state index contributed by atoms with van der Waals surface area (Å²) in [6, 6.07) is -1.06. The van der Waals surface area contributed by atoms with Crippen LogP contribution in [0.25, 0.3) is 0 Å². The van der Waals surface area contributed by atoms with Gasteiger partial charge in [0.2, 0.25) is 0 Å². The number of hydrogen-bond donors (Lipinski definition) is 3. The zero-order valence-electron chi connectivity index (χ0n) is 12.0. The van der Waals surface area contributed by atoms with Gasteiger partial charge in [-0.25, -0.2) is 0 Å². The molecular weight excluding hydrogens is 268 g/mol. The lowest BCUT2D eigenvalue weighted by Crippen LogP contribution is -2.45. The average Bonchev–Trinajstić information content (AvgIpc) is 2.21. The SMILES string of the molecule is C[N+](C)(C)CC(CC(=O)O)OC(=O)[C@@H](N)CCC(=O)O. The van der Waals surface area contributed by atoms with E-state index >= 15 is 0 Å². The van der Waals surface area contributed by atoms with Gasteiger partial charge in [-0.05, 0) is 6.42 Å². The number of quaternary nitrogens is 1. The third-order valence-corrected chi connectivity index (χ3v) is 2.41. The number of rotatable bonds is 9. The molecule has 0 aromatic carbocycles. The molecule has 0 amide bonds. The molecule has 0 aliphatic carbocycles. The molecule has 2 atom stereocenters. The number of likely N-dealkylation sites (N-methyl/N-ethyl adjacent to an activating group) is 1. The number of carboxylic acid groups (broad SMARTS) is 2. The van der Waals surface area contributed by atoms with Crippen molar-refractivity contribution in [3.63, 3.8) is 0 Å². The number of ether oxygens (including phenoxy) is 1. The number of nitrogens with two attached hydrogens (primary N) is 1. The summed E-state index contributed by atoms with van der Waals surface area (Å²) in [4.78, 5) is 32.8. The van der Waals surface area contributed by atoms with Crippen molar-refractivity contribution >= 4 is 17.9 Å². The molecule has 0 heterocycles. The lowest BCUT2D eigenvalue weighted by atomic mass is 10.1. The van der Waals surface area contributed by atoms with Crippen molar-refractivity contribution in [2.75, 3.05) is 27.7 Å². The molecule has 0 radical (unpaired) electrons. The monoisotopic (exact) mass is 291 g/mol. The van der Waals surface area contributed by atoms with E-state index in [9.17, 15) is 14.4 Å². The van der Waals surface area contributed by atoms with Crippen LogP contribution in [-0.4, -0.2) is 72.4 Å². The van der Waals surface area contributed by atoms with Crippen molar-refractivity contribution in [2.24, 2.45) is 5.73 Å². The maximum Gasteiger partial charge on any atom is 0.323 e. The summed E-state index contributed by atoms with van der Waals surface area (Å²) in [6.07, 6.45) is -1.39. The van der Waals surface area contributed by atoms with Gasteiger partial charge in [0, 0.05) is 6.42 Å². The molecule has 0 rings (SSSR count). The Kier molecular flexibility index (Phi) is 7.16. The van der Waals surface area contributed by atoms with Gasteiger partial charge < -0.3 is 25.2 Å². The van der Waals surface area contributed by atoms with Gasteiger partial charge in [0.1, 0.15) is 12.6 Å². The Morgan fingerprint density at radius 1 is 1.15 bits per heavy atom. The lowest BCUT2D eigenvalue weighted by Gasteiger charge is -2.28. The van der Waals surface area contributed by atoms with E-state index in [0.717, 1.165) is 0 Å². The van der Waals surface area contributed by atoms with Crippen LogP contribution in [0.3, 0.4) is 0 Å². The number of carboxylic acids is 2. The fourth-order valence-electron chi connectivity index (χ4n) is 1.60. The summed E-state index contributed by atoms with van der Waals surface area (Å²) in [5.74, 6) is -2.90. The number of esters is 1. The number of hydrogen-bond acceptors (Lipinski definition) is 5. The minimum atomic E-state index is -1.07. The van der Waals surface area contributed by atoms with Crippen LogP contribution in [-0.2, 0) is 19.1 Å². The molecule has 0 saturated carbocycles. The summed E-state index contributed by atoms with van der Waals surface area (Å²) < 4.78 is 5.50. The zero-order chi connectivity index (χ0) is 15.9. The summed E-state index contributed by atoms with van der Waals surface area (Å²) in [5, 5.41) is 17.3. The molecule has 0 aromatic heterocycles. The second-order valence-electron chi connectivity index (χ2n) is 5.67. The highest BCUT2D eigenvalue weighted by Gasteiger charge is 2.27. The molecule has 1 unspecified atom stereocenters. The first-order chi connectivity index (χ1) is 9.01. The second kappa shape index (κ2) is 7.81. The van der Waals surface area contributed by atoms with Crippen LogP contribution in [0.4, 0.5) is 0 Å². The number of carbonyl (C=O) groups excluding carboxylic acids is 1. The molecule has 0 saturated heterocycles. The Bertz CT molecular complexity index is 363. The Labute approximate surface area is 117 Å². The van der Waals surface area contributed by atoms with Gasteiger partial charge >= 0.3 is 17.9 Å². The molecule has 0 spiro atoms. The average molecular weight is 291 g/mol. The first-order valence-electron chi connectivity index (χ1n) is 6.21. The summed E-state index contributed by atoms with van der Waals surface area (Å²) in [5.41, 5.74) is 5.52. The van der Waals surface area contributed by atoms with Gasteiger partial charge in [0.25, 0.3) is 0 Å². The highest BCUT2D eigenvalue weighted by atomic mass is 16.5. The first kappa shape index (κ1) is 18.3. The molecule has 8 heteroatoms. The highest BCUT2D eigenvalue weighted by molar-refractivity contribution is 5.77. The molecule has 4 N–H and O–H groups in total. The van der Waals surface area contributed by atoms with Crippen molar-refractivity contribution in [1.29, 1.82) is 0 Å². The standard InChI is InChI=1S/C12H22N2O6/c1-14(2,3)7-8(6-11(17)18)20-12(19)9(13)4-5-10(15)16/h8-9H,4-7,13H2,1-3H3,(H-,15,16,17,18)/p+1/t8?,9-/m0/s1. The van der Waals surface area contributed by atoms with Gasteiger partial charge in [-0.3, -0.25) is 14.4 Å². The lowest BCUT2D eigenvalue weighted by molar-refractivity contribution is -0.873. The molecule has 0 aromatic rings. The molecular formula is C12H23N2O6+. The number of carbonyl (C=O) groups is 3. The fourth-order valence-corrected chi connectivity index (χ4v) is 1.60. The fraction of sp³-hybridized carbons (Fsp3) is 0.750. The topological polar surface area (TPSA) is 127 Å². The Morgan fingerprint density at radius 3 is 2.10 bits per heavy atom. The van der Waals surface area contributed by atoms with Crippen molar-refractivity contribution < 1.29 is 33.8 Å². The largest absolute Gasteiger partial charge is 0.481 e. The van der Waals surface area contributed by atoms with E-state index in [2.05, 4.69) is 0 Å². The Balaban J connectivity index is 4.51. The molecule has 0 aliphatic heterocycles. The number of aliphatic carboxylic acids is 2. The molecule has 0 fully saturated rings. The molecule has 116 valence electrons. The third-order valence-electron chi connectivity index (χ3n) is 2.41. The van der Waals surface area contributed by atoms with Crippen molar-refractivity contribution in [3.8, 4) is 0 Å². The normalized spacial score (nSPS) is 14.4. The van der Waals surface area contributed by atoms with Crippen molar-refractivity contribution in [1.82, 2.24) is 0 Å². The quantitative estimate of drug-likeness (QED) is 0.377. The van der Waals surface area contributed by atoms with E-state index in [0.29, 0.717) is 11.0 Å². The van der Waals surface area contributed by atoms with Gasteiger partial charge in [-0.1, -0.05) is 0 Å². The Morgan fingerprint density at radius 2 is 1.70 bits per heavy atom. The predicted molar refractivity (Wildman–Crippen MR) is 69.9 cm³/mol. The first-order valence-corrected chi connectivity index (χ1v) is 6.21. The Hall–Kier alpha value is -1.67. The van der Waals surface area contributed by atoms with Crippen LogP contribution < -0.4 is 5.73 Å². The molecule has 8 nitrogen and oxygen atoms in total. The van der Waals surface area contributed by atoms with Crippen LogP contribution >= 0.6 is 0 Å². The zero-order valence-corrected chi connectivity index (χ0v) is 12.0. The minimum absolute atomic E-state index is 0.0433. The van der Waals surface area contributed by atoms with E-state index in [4.69, 9.17) is 20.7 Å². The maximum atomic E-state index is 11.7. The number of nitrogens with zero attached hydrogens (tertiary/aromatic N) is 1. The van der Waals surface area contributed by atoms with Crippen molar-refractivity contribution in [2.45, 2.75) is 31.4 Å². The van der Waals surface area contributed by atoms with E-state index in [-0.39, 0.29) is 19.3 Å². The van der Waals surface area contributed by atoms with Crippen LogP contribution in [0.15, 0.2) is 0 Å². The van der Waals surface area contributed by atoms with E-state index in [1.165, 1.54) is 0 Å². The molecule has 0 bridgehead atoms. The van der Waals surface area contributed by atoms with Crippen LogP contribution in [0.5, 0.6) is 0 Å². The highest BCUT2D eigenvalue weighted by Crippen LogP contribution is 2.08. The van der Waals surface area contributed by atoms with E-state index in [1.807, 2.05) is 21.1 Å². The van der Waals surface area contributed by atoms with Gasteiger partial charge in [0.15, 0.2) is 6.10 Å². The summed E-state index contributed by atoms with van der Waals surface area (Å²) in [7, 11) is 5.52. The van der Waals surface area contributed by atoms with E-state index < -0.39 is 30.1 Å². The van der Waals surface area contributed by atoms with E-state index in [1.54, 1.807) is 0 Å². The van der Waals surface area contributed by atoms with Gasteiger partial charge in [-0.15, -0.1) is 0 Å². The smallest absolute Gasteiger partial charge is 0.323 e. The summed E-state index contributed by atoms with van der Waals surface area (Å²) in [6.45, 7) is 0.323. The van der Waals surface area contributed by atoms with Gasteiger partial charge in [0.05, 0.1) is 27.6 Å². The maximum absolute atomic E-state index is 11.7. The predicted octanol–water partition coefficient (Wildman–Crippen LogP) is -0.729.